The maximum atomic E-state index is 12.3. The van der Waals surface area contributed by atoms with Crippen molar-refractivity contribution < 1.29 is 98.7 Å². The van der Waals surface area contributed by atoms with Gasteiger partial charge in [-0.1, -0.05) is 65.1 Å². The first-order chi connectivity index (χ1) is 33.1. The van der Waals surface area contributed by atoms with Crippen molar-refractivity contribution in [2.45, 2.75) is 18.1 Å². The molecular weight excluding hydrogens is 1080 g/mol. The summed E-state index contributed by atoms with van der Waals surface area (Å²) in [5.41, 5.74) is 4.49. The van der Waals surface area contributed by atoms with Crippen LogP contribution in [0.3, 0.4) is 0 Å². The van der Waals surface area contributed by atoms with E-state index in [0.717, 1.165) is 12.1 Å². The Labute approximate surface area is 410 Å². The highest BCUT2D eigenvalue weighted by atomic mass is 35.5. The van der Waals surface area contributed by atoms with Gasteiger partial charge in [0.05, 0.1) is 46.5 Å². The van der Waals surface area contributed by atoms with Gasteiger partial charge in [-0.05, 0) is 42.5 Å². The third-order valence-corrected chi connectivity index (χ3v) is 10.3. The lowest BCUT2D eigenvalue weighted by Crippen LogP contribution is -2.35. The van der Waals surface area contributed by atoms with E-state index in [2.05, 4.69) is 24.8 Å². The van der Waals surface area contributed by atoms with Crippen molar-refractivity contribution in [3.8, 4) is 29.0 Å². The number of methoxy groups -OCH3 is 1. The molecule has 34 heteroatoms. The normalized spacial score (nSPS) is 10.7. The van der Waals surface area contributed by atoms with Gasteiger partial charge in [0.1, 0.15) is 32.7 Å². The van der Waals surface area contributed by atoms with E-state index in [-0.39, 0.29) is 43.5 Å². The van der Waals surface area contributed by atoms with Crippen molar-refractivity contribution in [3.63, 3.8) is 0 Å². The van der Waals surface area contributed by atoms with E-state index in [0.29, 0.717) is 11.8 Å². The molecule has 0 fully saturated rings. The summed E-state index contributed by atoms with van der Waals surface area (Å²) in [5.74, 6) is -5.82. The SMILES string of the molecule is COc1c(Cl)ccc(Cl)c1C(=O)O.Nc1c([N+](=O)[O-])ccc(Oc2ccccc2)c1Cl.O=C(Nc1nc(OC(F)F)cc(OC(F)F)n1)NS(=O)(=O)c1ccccc1C(=O)O.O=C(O)CNCP(=O)(O)O. The number of hydrogen-bond acceptors (Lipinski definition) is 17. The van der Waals surface area contributed by atoms with E-state index in [1.54, 1.807) is 29.6 Å². The Morgan fingerprint density at radius 2 is 1.39 bits per heavy atom. The first kappa shape index (κ1) is 59.8. The number of carbonyl (C=O) groups is 4. The highest BCUT2D eigenvalue weighted by Crippen LogP contribution is 2.39. The van der Waals surface area contributed by atoms with Gasteiger partial charge >= 0.3 is 44.8 Å². The molecule has 10 N–H and O–H groups in total. The molecule has 5 aromatic rings. The summed E-state index contributed by atoms with van der Waals surface area (Å²) in [7, 11) is -7.47. The number of nitro benzene ring substituents is 1. The molecule has 5 rings (SSSR count). The second-order valence-corrected chi connectivity index (χ2v) is 16.8. The second-order valence-electron chi connectivity index (χ2n) is 12.4. The van der Waals surface area contributed by atoms with E-state index in [4.69, 9.17) is 75.1 Å². The lowest BCUT2D eigenvalue weighted by Gasteiger charge is -2.11. The third kappa shape index (κ3) is 20.7. The number of rotatable bonds is 17. The number of carboxylic acid groups (broad SMARTS) is 3. The van der Waals surface area contributed by atoms with Crippen molar-refractivity contribution in [1.29, 1.82) is 0 Å². The number of nitrogen functional groups attached to an aromatic ring is 1. The minimum absolute atomic E-state index is 0.0352. The molecule has 2 amide bonds. The number of urea groups is 1. The lowest BCUT2D eigenvalue weighted by atomic mass is 10.2. The number of nitrogens with zero attached hydrogens (tertiary/aromatic N) is 3. The van der Waals surface area contributed by atoms with Gasteiger partial charge in [-0.3, -0.25) is 30.1 Å². The van der Waals surface area contributed by atoms with E-state index < -0.39 is 101 Å². The molecule has 25 nitrogen and oxygen atoms in total. The molecule has 71 heavy (non-hydrogen) atoms. The fourth-order valence-corrected chi connectivity index (χ4v) is 6.78. The van der Waals surface area contributed by atoms with Crippen LogP contribution in [0.25, 0.3) is 0 Å². The minimum Gasteiger partial charge on any atom is -0.494 e. The third-order valence-electron chi connectivity index (χ3n) is 7.32. The van der Waals surface area contributed by atoms with Crippen LogP contribution >= 0.6 is 42.4 Å². The Morgan fingerprint density at radius 1 is 0.845 bits per heavy atom. The number of alkyl halides is 4. The molecule has 0 aliphatic carbocycles. The molecule has 1 aromatic heterocycles. The highest BCUT2D eigenvalue weighted by molar-refractivity contribution is 7.90. The zero-order valence-corrected chi connectivity index (χ0v) is 39.1. The Bertz CT molecular complexity index is 2830. The molecule has 0 radical (unpaired) electrons. The number of para-hydroxylation sites is 1. The molecule has 0 aliphatic rings. The maximum absolute atomic E-state index is 12.3. The number of anilines is 2. The van der Waals surface area contributed by atoms with Gasteiger partial charge in [0, 0.05) is 6.07 Å². The fourth-order valence-electron chi connectivity index (χ4n) is 4.60. The molecule has 1 heterocycles. The van der Waals surface area contributed by atoms with Crippen LogP contribution in [0.1, 0.15) is 20.7 Å². The number of hydrogen-bond donors (Lipinski definition) is 9. The number of benzene rings is 4. The summed E-state index contributed by atoms with van der Waals surface area (Å²) in [6.07, 6.45) is -0.598. The van der Waals surface area contributed by atoms with Crippen LogP contribution in [0.5, 0.6) is 29.0 Å². The number of aromatic carboxylic acids is 2. The summed E-state index contributed by atoms with van der Waals surface area (Å²) in [6.45, 7) is -7.26. The number of aliphatic carboxylic acids is 1. The molecule has 0 bridgehead atoms. The number of ether oxygens (including phenoxy) is 4. The molecule has 4 aromatic carbocycles. The highest BCUT2D eigenvalue weighted by Gasteiger charge is 2.25. The zero-order chi connectivity index (χ0) is 53.8. The first-order valence-electron chi connectivity index (χ1n) is 18.2. The van der Waals surface area contributed by atoms with Gasteiger partial charge in [-0.15, -0.1) is 0 Å². The average molecular weight is 1110 g/mol. The van der Waals surface area contributed by atoms with Gasteiger partial charge in [-0.25, -0.2) is 27.5 Å². The molecular formula is C37H33Cl3F4N7O18PS. The number of nitrogens with two attached hydrogens (primary N) is 1. The number of carboxylic acids is 3. The molecule has 0 atom stereocenters. The molecule has 0 saturated carbocycles. The monoisotopic (exact) mass is 1110 g/mol. The van der Waals surface area contributed by atoms with Crippen LogP contribution in [0.4, 0.5) is 39.7 Å². The predicted octanol–water partition coefficient (Wildman–Crippen LogP) is 7.01. The van der Waals surface area contributed by atoms with Crippen molar-refractivity contribution in [2.24, 2.45) is 0 Å². The Balaban J connectivity index is 0.000000357. The second kappa shape index (κ2) is 27.8. The molecule has 0 unspecified atom stereocenters. The maximum Gasteiger partial charge on any atom is 0.388 e. The fraction of sp³-hybridized carbons (Fsp3) is 0.135. The number of carbonyl (C=O) groups excluding carboxylic acids is 1. The predicted molar refractivity (Wildman–Crippen MR) is 240 cm³/mol. The number of nitrogens with one attached hydrogen (secondary N) is 3. The molecule has 0 aliphatic heterocycles. The van der Waals surface area contributed by atoms with Gasteiger partial charge in [0.15, 0.2) is 5.75 Å². The molecule has 0 spiro atoms. The number of halogens is 7. The Morgan fingerprint density at radius 3 is 1.87 bits per heavy atom. The van der Waals surface area contributed by atoms with Crippen LogP contribution in [0.15, 0.2) is 89.8 Å². The first-order valence-corrected chi connectivity index (χ1v) is 22.6. The van der Waals surface area contributed by atoms with Crippen LogP contribution in [0.2, 0.25) is 15.1 Å². The zero-order valence-electron chi connectivity index (χ0n) is 35.1. The van der Waals surface area contributed by atoms with Crippen LogP contribution in [-0.4, -0.2) is 106 Å². The van der Waals surface area contributed by atoms with E-state index in [1.165, 1.54) is 48.2 Å². The minimum atomic E-state index is -4.71. The number of nitro groups is 1. The van der Waals surface area contributed by atoms with Gasteiger partial charge in [0.25, 0.3) is 15.7 Å². The number of sulfonamides is 1. The molecule has 0 saturated heterocycles. The van der Waals surface area contributed by atoms with E-state index in [9.17, 15) is 59.8 Å². The number of aromatic nitrogens is 2. The summed E-state index contributed by atoms with van der Waals surface area (Å²) in [6, 6.07) is 17.7. The summed E-state index contributed by atoms with van der Waals surface area (Å²) in [4.78, 5) is 75.8. The summed E-state index contributed by atoms with van der Waals surface area (Å²) < 4.78 is 103. The van der Waals surface area contributed by atoms with E-state index in [1.807, 2.05) is 6.07 Å². The lowest BCUT2D eigenvalue weighted by molar-refractivity contribution is -0.383. The van der Waals surface area contributed by atoms with Gasteiger partial charge in [-0.2, -0.15) is 27.5 Å². The smallest absolute Gasteiger partial charge is 0.388 e. The van der Waals surface area contributed by atoms with Crippen molar-refractivity contribution in [2.75, 3.05) is 31.0 Å². The van der Waals surface area contributed by atoms with E-state index >= 15 is 0 Å². The Kier molecular flexibility index (Phi) is 23.4. The van der Waals surface area contributed by atoms with Crippen LogP contribution < -0.4 is 40.0 Å². The largest absolute Gasteiger partial charge is 0.494 e. The van der Waals surface area contributed by atoms with Crippen molar-refractivity contribution >= 4 is 93.7 Å². The average Bonchev–Trinajstić information content (AvgIpc) is 3.25. The van der Waals surface area contributed by atoms with Crippen molar-refractivity contribution in [1.82, 2.24) is 20.0 Å². The van der Waals surface area contributed by atoms with Gasteiger partial charge < -0.3 is 49.8 Å². The van der Waals surface area contributed by atoms with Gasteiger partial charge in [0.2, 0.25) is 17.7 Å². The van der Waals surface area contributed by atoms with Crippen LogP contribution in [0, 0.1) is 10.1 Å². The summed E-state index contributed by atoms with van der Waals surface area (Å²) in [5, 5.41) is 40.6. The Hall–Kier alpha value is -7.31. The summed E-state index contributed by atoms with van der Waals surface area (Å²) >= 11 is 17.3. The molecule has 384 valence electrons. The van der Waals surface area contributed by atoms with Crippen molar-refractivity contribution in [3.05, 3.63) is 121 Å². The quantitative estimate of drug-likeness (QED) is 0.0149. The topological polar surface area (TPSA) is 389 Å². The standard InChI is InChI=1S/C14H10F4N4O7S.C12H9ClN2O3.C8H6Cl2O3.C3H8NO5P/c15-11(16)28-8-5-9(29-12(17)18)20-13(19-8)21-14(25)22-30(26,27)7-4-2-1-3-6(7)10(23)24;13-11-10(18-8-4-2-1-3-5-8)7-6-9(12(11)14)15(16)17;1-13-7-5(10)3-2-4(9)6(7)8(11)12;5-3(6)1-4-2-10(7,8)9/h1-5,11-12H,(H,23,24)(H2,19,20,21,22,25);1-7H,14H2;2-3H,1H3,(H,11,12);4H,1-2H2,(H,5,6)(H2,7,8,9). The van der Waals surface area contributed by atoms with Crippen LogP contribution in [-0.2, 0) is 19.4 Å². The number of amides is 2.